The Bertz CT molecular complexity index is 851. The molecule has 1 heterocycles. The first-order valence-electron chi connectivity index (χ1n) is 7.89. The molecule has 1 aromatic carbocycles. The van der Waals surface area contributed by atoms with Gasteiger partial charge in [0.15, 0.2) is 5.82 Å². The monoisotopic (exact) mass is 384 g/mol. The van der Waals surface area contributed by atoms with Crippen LogP contribution in [0.2, 0.25) is 5.02 Å². The number of amides is 1. The van der Waals surface area contributed by atoms with Crippen LogP contribution >= 0.6 is 11.6 Å². The maximum absolute atomic E-state index is 12.8. The maximum Gasteiger partial charge on any atom is 0.416 e. The van der Waals surface area contributed by atoms with Gasteiger partial charge in [-0.25, -0.2) is 4.68 Å². The van der Waals surface area contributed by atoms with Crippen molar-refractivity contribution in [3.05, 3.63) is 40.5 Å². The van der Waals surface area contributed by atoms with Gasteiger partial charge in [0.2, 0.25) is 5.91 Å². The lowest BCUT2D eigenvalue weighted by atomic mass is 10.0. The molecule has 0 bridgehead atoms. The van der Waals surface area contributed by atoms with Crippen LogP contribution in [0.1, 0.15) is 37.8 Å². The molecule has 1 amide bonds. The smallest absolute Gasteiger partial charge is 0.309 e. The number of nitrogens with one attached hydrogen (secondary N) is 1. The number of carbonyl (C=O) groups excluding carboxylic acids is 1. The third kappa shape index (κ3) is 3.99. The number of rotatable bonds is 5. The van der Waals surface area contributed by atoms with Crippen molar-refractivity contribution < 1.29 is 18.0 Å². The van der Waals surface area contributed by atoms with Crippen molar-refractivity contribution in [3.8, 4) is 11.8 Å². The molecular formula is C17H16ClF3N4O. The Morgan fingerprint density at radius 3 is 2.54 bits per heavy atom. The van der Waals surface area contributed by atoms with E-state index in [9.17, 15) is 23.2 Å². The molecule has 0 unspecified atom stereocenters. The van der Waals surface area contributed by atoms with E-state index in [-0.39, 0.29) is 33.9 Å². The van der Waals surface area contributed by atoms with Crippen LogP contribution in [0.4, 0.5) is 19.0 Å². The molecule has 1 aromatic heterocycles. The van der Waals surface area contributed by atoms with E-state index >= 15 is 0 Å². The number of hydrogen-bond acceptors (Lipinski definition) is 3. The first-order valence-corrected chi connectivity index (χ1v) is 8.26. The van der Waals surface area contributed by atoms with Gasteiger partial charge in [0, 0.05) is 5.92 Å². The first-order chi connectivity index (χ1) is 12.2. The standard InChI is InChI=1S/C17H16ClF3N4O/c1-3-10(4-2)16(26)24-15-11(8-22)9-23-25(15)14-6-5-12(7-13(14)18)17(19,20)21/h5-7,9-10H,3-4H2,1-2H3,(H,24,26). The van der Waals surface area contributed by atoms with Gasteiger partial charge in [-0.1, -0.05) is 25.4 Å². The summed E-state index contributed by atoms with van der Waals surface area (Å²) in [5.41, 5.74) is -0.692. The quantitative estimate of drug-likeness (QED) is 0.805. The summed E-state index contributed by atoms with van der Waals surface area (Å²) in [5, 5.41) is 15.7. The van der Waals surface area contributed by atoms with Crippen LogP contribution in [0.5, 0.6) is 0 Å². The number of nitriles is 1. The number of aromatic nitrogens is 2. The van der Waals surface area contributed by atoms with E-state index in [1.54, 1.807) is 0 Å². The zero-order chi connectivity index (χ0) is 19.5. The number of hydrogen-bond donors (Lipinski definition) is 1. The van der Waals surface area contributed by atoms with E-state index in [1.807, 2.05) is 19.9 Å². The normalized spacial score (nSPS) is 11.5. The number of anilines is 1. The molecule has 0 saturated heterocycles. The van der Waals surface area contributed by atoms with Crippen LogP contribution in [0, 0.1) is 17.2 Å². The fourth-order valence-corrected chi connectivity index (χ4v) is 2.73. The average molecular weight is 385 g/mol. The zero-order valence-corrected chi connectivity index (χ0v) is 14.8. The SMILES string of the molecule is CCC(CC)C(=O)Nc1c(C#N)cnn1-c1ccc(C(F)(F)F)cc1Cl. The summed E-state index contributed by atoms with van der Waals surface area (Å²) >= 11 is 5.99. The largest absolute Gasteiger partial charge is 0.416 e. The summed E-state index contributed by atoms with van der Waals surface area (Å²) in [4.78, 5) is 12.4. The lowest BCUT2D eigenvalue weighted by Gasteiger charge is -2.15. The Hall–Kier alpha value is -2.53. The topological polar surface area (TPSA) is 70.7 Å². The summed E-state index contributed by atoms with van der Waals surface area (Å²) in [7, 11) is 0. The Morgan fingerprint density at radius 1 is 1.38 bits per heavy atom. The number of benzene rings is 1. The van der Waals surface area contributed by atoms with Crippen molar-refractivity contribution in [1.82, 2.24) is 9.78 Å². The molecule has 0 saturated carbocycles. The van der Waals surface area contributed by atoms with Crippen LogP contribution in [-0.2, 0) is 11.0 Å². The summed E-state index contributed by atoms with van der Waals surface area (Å²) in [5.74, 6) is -0.477. The molecule has 138 valence electrons. The molecule has 0 atom stereocenters. The van der Waals surface area contributed by atoms with Crippen LogP contribution in [0.25, 0.3) is 5.69 Å². The van der Waals surface area contributed by atoms with Crippen molar-refractivity contribution in [3.63, 3.8) is 0 Å². The van der Waals surface area contributed by atoms with Gasteiger partial charge in [-0.3, -0.25) is 4.79 Å². The lowest BCUT2D eigenvalue weighted by Crippen LogP contribution is -2.23. The third-order valence-electron chi connectivity index (χ3n) is 3.99. The van der Waals surface area contributed by atoms with Gasteiger partial charge in [-0.2, -0.15) is 23.5 Å². The molecule has 2 aromatic rings. The Labute approximate surface area is 153 Å². The third-order valence-corrected chi connectivity index (χ3v) is 4.29. The van der Waals surface area contributed by atoms with Gasteiger partial charge in [0.1, 0.15) is 11.6 Å². The lowest BCUT2D eigenvalue weighted by molar-refractivity contribution is -0.137. The van der Waals surface area contributed by atoms with Crippen LogP contribution in [0.15, 0.2) is 24.4 Å². The highest BCUT2D eigenvalue weighted by Gasteiger charge is 2.31. The minimum absolute atomic E-state index is 0.0751. The van der Waals surface area contributed by atoms with Crippen molar-refractivity contribution in [2.75, 3.05) is 5.32 Å². The van der Waals surface area contributed by atoms with E-state index in [0.717, 1.165) is 22.9 Å². The average Bonchev–Trinajstić information content (AvgIpc) is 2.97. The summed E-state index contributed by atoms with van der Waals surface area (Å²) in [6, 6.07) is 4.68. The van der Waals surface area contributed by atoms with Crippen molar-refractivity contribution >= 4 is 23.3 Å². The van der Waals surface area contributed by atoms with E-state index in [0.29, 0.717) is 12.8 Å². The van der Waals surface area contributed by atoms with Gasteiger partial charge < -0.3 is 5.32 Å². The van der Waals surface area contributed by atoms with E-state index in [4.69, 9.17) is 11.6 Å². The molecule has 1 N–H and O–H groups in total. The van der Waals surface area contributed by atoms with Gasteiger partial charge in [-0.15, -0.1) is 0 Å². The van der Waals surface area contributed by atoms with E-state index in [2.05, 4.69) is 10.4 Å². The fraction of sp³-hybridized carbons (Fsp3) is 0.353. The van der Waals surface area contributed by atoms with E-state index in [1.165, 1.54) is 6.20 Å². The van der Waals surface area contributed by atoms with Crippen molar-refractivity contribution in [2.24, 2.45) is 5.92 Å². The highest BCUT2D eigenvalue weighted by molar-refractivity contribution is 6.32. The molecule has 26 heavy (non-hydrogen) atoms. The molecule has 0 radical (unpaired) electrons. The van der Waals surface area contributed by atoms with Crippen LogP contribution in [0.3, 0.4) is 0 Å². The zero-order valence-electron chi connectivity index (χ0n) is 14.1. The fourth-order valence-electron chi connectivity index (χ4n) is 2.47. The van der Waals surface area contributed by atoms with Crippen LogP contribution in [-0.4, -0.2) is 15.7 Å². The first kappa shape index (κ1) is 19.8. The number of carbonyl (C=O) groups is 1. The predicted molar refractivity (Wildman–Crippen MR) is 91.0 cm³/mol. The van der Waals surface area contributed by atoms with E-state index < -0.39 is 11.7 Å². The Morgan fingerprint density at radius 2 is 2.04 bits per heavy atom. The highest BCUT2D eigenvalue weighted by atomic mass is 35.5. The van der Waals surface area contributed by atoms with Gasteiger partial charge in [0.05, 0.1) is 22.5 Å². The molecule has 9 heteroatoms. The Balaban J connectivity index is 2.47. The molecule has 0 aliphatic heterocycles. The summed E-state index contributed by atoms with van der Waals surface area (Å²) in [6.45, 7) is 3.73. The predicted octanol–water partition coefficient (Wildman–Crippen LogP) is 4.79. The number of nitrogens with zero attached hydrogens (tertiary/aromatic N) is 3. The molecular weight excluding hydrogens is 369 g/mol. The highest BCUT2D eigenvalue weighted by Crippen LogP contribution is 2.34. The van der Waals surface area contributed by atoms with Crippen molar-refractivity contribution in [1.29, 1.82) is 5.26 Å². The molecule has 0 fully saturated rings. The number of alkyl halides is 3. The van der Waals surface area contributed by atoms with Crippen LogP contribution < -0.4 is 5.32 Å². The van der Waals surface area contributed by atoms with Gasteiger partial charge in [-0.05, 0) is 31.0 Å². The second-order valence-electron chi connectivity index (χ2n) is 5.60. The second-order valence-corrected chi connectivity index (χ2v) is 6.00. The summed E-state index contributed by atoms with van der Waals surface area (Å²) in [6.07, 6.45) is -2.09. The molecule has 2 rings (SSSR count). The van der Waals surface area contributed by atoms with Gasteiger partial charge >= 0.3 is 6.18 Å². The molecule has 0 aliphatic rings. The van der Waals surface area contributed by atoms with Crippen molar-refractivity contribution in [2.45, 2.75) is 32.9 Å². The molecule has 5 nitrogen and oxygen atoms in total. The van der Waals surface area contributed by atoms with Gasteiger partial charge in [0.25, 0.3) is 0 Å². The molecule has 0 spiro atoms. The minimum Gasteiger partial charge on any atom is -0.309 e. The number of halogens is 4. The molecule has 0 aliphatic carbocycles. The second kappa shape index (κ2) is 7.79. The minimum atomic E-state index is -4.53. The maximum atomic E-state index is 12.8. The Kier molecular flexibility index (Phi) is 5.93. The summed E-state index contributed by atoms with van der Waals surface area (Å²) < 4.78 is 39.5.